The molecule has 1 N–H and O–H groups in total. The van der Waals surface area contributed by atoms with Gasteiger partial charge in [0.15, 0.2) is 0 Å². The highest BCUT2D eigenvalue weighted by molar-refractivity contribution is 5.85. The molecular weight excluding hydrogens is 90.1 g/mol. The number of hydrogen-bond acceptors (Lipinski definition) is 1. The van der Waals surface area contributed by atoms with Crippen LogP contribution in [0.25, 0.3) is 0 Å². The maximum absolute atomic E-state index is 8.65. The second kappa shape index (κ2) is 2.56. The van der Waals surface area contributed by atoms with Crippen molar-refractivity contribution in [2.75, 3.05) is 0 Å². The van der Waals surface area contributed by atoms with E-state index in [0.29, 0.717) is 5.71 Å². The summed E-state index contributed by atoms with van der Waals surface area (Å²) in [6, 6.07) is 0. The molecular formula is C5H10NO+. The number of hydrogen-bond donors (Lipinski definition) is 1. The first-order valence-electron chi connectivity index (χ1n) is 2.16. The molecule has 0 unspecified atom stereocenters. The highest BCUT2D eigenvalue weighted by Crippen LogP contribution is 1.76. The first-order valence-corrected chi connectivity index (χ1v) is 2.16. The van der Waals surface area contributed by atoms with Gasteiger partial charge in [-0.15, -0.1) is 4.67 Å². The Morgan fingerprint density at radius 2 is 2.29 bits per heavy atom. The molecule has 0 spiro atoms. The van der Waals surface area contributed by atoms with E-state index in [1.165, 1.54) is 0 Å². The summed E-state index contributed by atoms with van der Waals surface area (Å²) in [5, 5.41) is 8.65. The van der Waals surface area contributed by atoms with Crippen LogP contribution < -0.4 is 4.67 Å². The summed E-state index contributed by atoms with van der Waals surface area (Å²) >= 11 is 0. The van der Waals surface area contributed by atoms with Crippen LogP contribution in [0, 0.1) is 0 Å². The zero-order chi connectivity index (χ0) is 5.86. The van der Waals surface area contributed by atoms with Gasteiger partial charge in [0.05, 0.1) is 0 Å². The lowest BCUT2D eigenvalue weighted by Crippen LogP contribution is -2.13. The maximum atomic E-state index is 8.65. The predicted octanol–water partition coefficient (Wildman–Crippen LogP) is -0.404. The molecule has 0 saturated carbocycles. The Labute approximate surface area is 43.2 Å². The highest BCUT2D eigenvalue weighted by atomic mass is 16.3. The molecule has 0 amide bonds. The van der Waals surface area contributed by atoms with E-state index < -0.39 is 6.10 Å². The van der Waals surface area contributed by atoms with Gasteiger partial charge in [0.1, 0.15) is 6.10 Å². The van der Waals surface area contributed by atoms with Gasteiger partial charge in [-0.1, -0.05) is 0 Å². The monoisotopic (exact) mass is 100 g/mol. The predicted molar refractivity (Wildman–Crippen MR) is 31.6 cm³/mol. The quantitative estimate of drug-likeness (QED) is 0.353. The molecule has 1 atom stereocenters. The van der Waals surface area contributed by atoms with Crippen LogP contribution in [-0.2, 0) is 0 Å². The molecule has 0 aliphatic heterocycles. The van der Waals surface area contributed by atoms with Crippen LogP contribution in [0.3, 0.4) is 0 Å². The number of nitrogens with zero attached hydrogens (tertiary/aromatic N) is 1. The minimum absolute atomic E-state index is 0.447. The van der Waals surface area contributed by atoms with Gasteiger partial charge >= 0.3 is 5.71 Å². The van der Waals surface area contributed by atoms with Crippen molar-refractivity contribution in [3.63, 3.8) is 0 Å². The molecule has 2 heteroatoms. The molecule has 40 valence electrons. The van der Waals surface area contributed by atoms with Crippen LogP contribution in [0.2, 0.25) is 0 Å². The van der Waals surface area contributed by atoms with Crippen molar-refractivity contribution in [1.82, 2.24) is 4.67 Å². The largest absolute Gasteiger partial charge is 0.381 e. The van der Waals surface area contributed by atoms with Gasteiger partial charge in [-0.25, -0.2) is 0 Å². The van der Waals surface area contributed by atoms with Gasteiger partial charge in [0.25, 0.3) is 6.72 Å². The Bertz CT molecular complexity index is 101. The molecule has 0 heterocycles. The summed E-state index contributed by atoms with van der Waals surface area (Å²) in [6.07, 6.45) is -0.447. The van der Waals surface area contributed by atoms with Gasteiger partial charge in [0, 0.05) is 6.92 Å². The molecule has 0 aromatic heterocycles. The topological polar surface area (TPSA) is 34.3 Å². The third kappa shape index (κ3) is 2.15. The number of rotatable bonds is 1. The summed E-state index contributed by atoms with van der Waals surface area (Å²) in [4.78, 5) is 0. The standard InChI is InChI=1S/C5H10NO/c1-4(6-3)5(2)7/h5,7H,3H2,1-2H3/q+1/t5-/m0/s1. The van der Waals surface area contributed by atoms with E-state index >= 15 is 0 Å². The molecule has 2 nitrogen and oxygen atoms in total. The smallest absolute Gasteiger partial charge is 0.304 e. The SMILES string of the molecule is C=[N+]=C(C)[C@H](C)O. The third-order valence-electron chi connectivity index (χ3n) is 0.854. The summed E-state index contributed by atoms with van der Waals surface area (Å²) in [6.45, 7) is 6.63. The Kier molecular flexibility index (Phi) is 2.34. The van der Waals surface area contributed by atoms with E-state index in [2.05, 4.69) is 11.4 Å². The minimum atomic E-state index is -0.447. The fourth-order valence-corrected chi connectivity index (χ4v) is 0.132. The van der Waals surface area contributed by atoms with Crippen LogP contribution in [0.4, 0.5) is 0 Å². The minimum Gasteiger partial charge on any atom is -0.381 e. The van der Waals surface area contributed by atoms with Crippen LogP contribution in [0.5, 0.6) is 0 Å². The van der Waals surface area contributed by atoms with Crippen molar-refractivity contribution >= 4 is 12.4 Å². The van der Waals surface area contributed by atoms with E-state index in [1.807, 2.05) is 0 Å². The van der Waals surface area contributed by atoms with Gasteiger partial charge in [0.2, 0.25) is 0 Å². The van der Waals surface area contributed by atoms with E-state index in [-0.39, 0.29) is 0 Å². The maximum Gasteiger partial charge on any atom is 0.304 e. The average molecular weight is 100 g/mol. The molecule has 0 aromatic rings. The molecule has 0 fully saturated rings. The summed E-state index contributed by atoms with van der Waals surface area (Å²) in [5.74, 6) is 0. The zero-order valence-electron chi connectivity index (χ0n) is 4.68. The lowest BCUT2D eigenvalue weighted by atomic mass is 10.3. The average Bonchev–Trinajstić information content (AvgIpc) is 1.65. The molecule has 0 rings (SSSR count). The molecule has 0 radical (unpaired) electrons. The normalized spacial score (nSPS) is 12.4. The molecule has 7 heavy (non-hydrogen) atoms. The van der Waals surface area contributed by atoms with Crippen molar-refractivity contribution in [2.45, 2.75) is 20.0 Å². The van der Waals surface area contributed by atoms with Gasteiger partial charge in [-0.2, -0.15) is 0 Å². The zero-order valence-corrected chi connectivity index (χ0v) is 4.68. The fourth-order valence-electron chi connectivity index (χ4n) is 0.132. The van der Waals surface area contributed by atoms with Crippen molar-refractivity contribution in [1.29, 1.82) is 0 Å². The van der Waals surface area contributed by atoms with Crippen molar-refractivity contribution in [2.24, 2.45) is 0 Å². The van der Waals surface area contributed by atoms with Gasteiger partial charge < -0.3 is 5.11 Å². The molecule has 0 aliphatic rings. The van der Waals surface area contributed by atoms with E-state index in [4.69, 9.17) is 5.11 Å². The fraction of sp³-hybridized carbons (Fsp3) is 0.600. The first-order chi connectivity index (χ1) is 3.18. The highest BCUT2D eigenvalue weighted by Gasteiger charge is 2.06. The van der Waals surface area contributed by atoms with Crippen molar-refractivity contribution in [3.8, 4) is 0 Å². The molecule has 0 saturated heterocycles. The van der Waals surface area contributed by atoms with E-state index in [9.17, 15) is 0 Å². The number of aliphatic hydroxyl groups is 1. The molecule has 0 bridgehead atoms. The second-order valence-electron chi connectivity index (χ2n) is 1.48. The van der Waals surface area contributed by atoms with Crippen LogP contribution in [0.15, 0.2) is 0 Å². The van der Waals surface area contributed by atoms with Gasteiger partial charge in [-0.05, 0) is 6.92 Å². The summed E-state index contributed by atoms with van der Waals surface area (Å²) < 4.78 is 3.50. The first kappa shape index (κ1) is 6.41. The number of aliphatic hydroxyl groups excluding tert-OH is 1. The second-order valence-corrected chi connectivity index (χ2v) is 1.48. The lowest BCUT2D eigenvalue weighted by molar-refractivity contribution is 0.261. The lowest BCUT2D eigenvalue weighted by Gasteiger charge is -1.85. The van der Waals surface area contributed by atoms with E-state index in [0.717, 1.165) is 0 Å². The van der Waals surface area contributed by atoms with Crippen LogP contribution in [-0.4, -0.2) is 23.6 Å². The Morgan fingerprint density at radius 1 is 1.86 bits per heavy atom. The third-order valence-corrected chi connectivity index (χ3v) is 0.854. The van der Waals surface area contributed by atoms with Crippen molar-refractivity contribution < 1.29 is 5.11 Å². The van der Waals surface area contributed by atoms with Crippen LogP contribution >= 0.6 is 0 Å². The van der Waals surface area contributed by atoms with Gasteiger partial charge in [-0.3, -0.25) is 0 Å². The van der Waals surface area contributed by atoms with E-state index in [1.54, 1.807) is 13.8 Å². The summed E-state index contributed by atoms with van der Waals surface area (Å²) in [7, 11) is 0. The Hall–Kier alpha value is -0.590. The summed E-state index contributed by atoms with van der Waals surface area (Å²) in [5.41, 5.74) is 0.667. The molecule has 0 aliphatic carbocycles. The Morgan fingerprint density at radius 3 is 2.29 bits per heavy atom. The Balaban J connectivity index is 3.81. The van der Waals surface area contributed by atoms with Crippen molar-refractivity contribution in [3.05, 3.63) is 0 Å². The van der Waals surface area contributed by atoms with Crippen LogP contribution in [0.1, 0.15) is 13.8 Å². The molecule has 0 aromatic carbocycles.